The third kappa shape index (κ3) is 6.49. The maximum Gasteiger partial charge on any atom is 0.251 e. The number of nitrogens with one attached hydrogen (secondary N) is 2. The highest BCUT2D eigenvalue weighted by atomic mass is 32.2. The van der Waals surface area contributed by atoms with E-state index in [-0.39, 0.29) is 17.7 Å². The third-order valence-corrected chi connectivity index (χ3v) is 6.05. The summed E-state index contributed by atoms with van der Waals surface area (Å²) in [6.45, 7) is 0. The van der Waals surface area contributed by atoms with Crippen LogP contribution in [0.1, 0.15) is 35.2 Å². The van der Waals surface area contributed by atoms with Gasteiger partial charge in [-0.15, -0.1) is 0 Å². The second-order valence-corrected chi connectivity index (χ2v) is 9.24. The topological polar surface area (TPSA) is 92.3 Å². The van der Waals surface area contributed by atoms with E-state index in [1.807, 2.05) is 30.3 Å². The summed E-state index contributed by atoms with van der Waals surface area (Å²) in [5.74, 6) is -1.40. The molecule has 3 rings (SSSR count). The van der Waals surface area contributed by atoms with Crippen LogP contribution in [0.3, 0.4) is 0 Å². The Hall–Kier alpha value is -2.67. The maximum atomic E-state index is 12.2. The first-order valence-electron chi connectivity index (χ1n) is 9.36. The van der Waals surface area contributed by atoms with E-state index in [1.54, 1.807) is 24.3 Å². The highest BCUT2D eigenvalue weighted by Crippen LogP contribution is 2.20. The number of hydrogen-bond acceptors (Lipinski definition) is 4. The van der Waals surface area contributed by atoms with E-state index in [0.717, 1.165) is 18.4 Å². The largest absolute Gasteiger partial charge is 0.349 e. The third-order valence-electron chi connectivity index (χ3n) is 4.44. The van der Waals surface area contributed by atoms with Gasteiger partial charge in [0.2, 0.25) is 5.91 Å². The van der Waals surface area contributed by atoms with E-state index in [4.69, 9.17) is 0 Å². The summed E-state index contributed by atoms with van der Waals surface area (Å²) in [7, 11) is -3.50. The standard InChI is InChI=1S/C21H24N2O4S/c24-20(15-28(26,27)13-5-8-16-6-2-1-3-7-16)22-19-10-4-9-17(14-19)21(25)23-18-11-12-18/h1-4,6-7,9-10,14,18H,5,8,11-13,15H2,(H,22,24)(H,23,25). The number of hydrogen-bond donors (Lipinski definition) is 2. The van der Waals surface area contributed by atoms with Gasteiger partial charge in [0.05, 0.1) is 5.75 Å². The normalized spacial score (nSPS) is 13.7. The van der Waals surface area contributed by atoms with Crippen LogP contribution in [-0.4, -0.2) is 37.8 Å². The van der Waals surface area contributed by atoms with Gasteiger partial charge < -0.3 is 10.6 Å². The second-order valence-electron chi connectivity index (χ2n) is 7.06. The van der Waals surface area contributed by atoms with Crippen molar-refractivity contribution in [1.29, 1.82) is 0 Å². The van der Waals surface area contributed by atoms with Crippen LogP contribution in [0.15, 0.2) is 54.6 Å². The monoisotopic (exact) mass is 400 g/mol. The van der Waals surface area contributed by atoms with Crippen molar-refractivity contribution in [1.82, 2.24) is 5.32 Å². The number of aryl methyl sites for hydroxylation is 1. The van der Waals surface area contributed by atoms with Gasteiger partial charge in [-0.2, -0.15) is 0 Å². The lowest BCUT2D eigenvalue weighted by Crippen LogP contribution is -2.26. The smallest absolute Gasteiger partial charge is 0.251 e. The zero-order valence-corrected chi connectivity index (χ0v) is 16.4. The molecule has 2 N–H and O–H groups in total. The summed E-state index contributed by atoms with van der Waals surface area (Å²) >= 11 is 0. The van der Waals surface area contributed by atoms with Crippen LogP contribution in [0.2, 0.25) is 0 Å². The van der Waals surface area contributed by atoms with E-state index in [1.165, 1.54) is 0 Å². The van der Waals surface area contributed by atoms with Crippen molar-refractivity contribution in [2.24, 2.45) is 0 Å². The average molecular weight is 401 g/mol. The fraction of sp³-hybridized carbons (Fsp3) is 0.333. The summed E-state index contributed by atoms with van der Waals surface area (Å²) in [4.78, 5) is 24.2. The Balaban J connectivity index is 1.49. The molecule has 7 heteroatoms. The molecule has 148 valence electrons. The summed E-state index contributed by atoms with van der Waals surface area (Å²) in [6, 6.07) is 16.4. The Kier molecular flexibility index (Phi) is 6.46. The lowest BCUT2D eigenvalue weighted by atomic mass is 10.1. The van der Waals surface area contributed by atoms with Gasteiger partial charge >= 0.3 is 0 Å². The molecule has 1 fully saturated rings. The van der Waals surface area contributed by atoms with Gasteiger partial charge in [-0.25, -0.2) is 8.42 Å². The van der Waals surface area contributed by atoms with Gasteiger partial charge in [0.25, 0.3) is 5.91 Å². The molecule has 2 aromatic carbocycles. The van der Waals surface area contributed by atoms with E-state index < -0.39 is 21.5 Å². The molecule has 0 heterocycles. The number of benzene rings is 2. The number of carbonyl (C=O) groups excluding carboxylic acids is 2. The molecule has 0 radical (unpaired) electrons. The highest BCUT2D eigenvalue weighted by molar-refractivity contribution is 7.92. The predicted molar refractivity (Wildman–Crippen MR) is 109 cm³/mol. The first-order valence-corrected chi connectivity index (χ1v) is 11.2. The molecule has 0 saturated heterocycles. The van der Waals surface area contributed by atoms with Crippen molar-refractivity contribution in [3.8, 4) is 0 Å². The van der Waals surface area contributed by atoms with E-state index in [0.29, 0.717) is 24.1 Å². The number of rotatable bonds is 9. The zero-order chi connectivity index (χ0) is 20.0. The van der Waals surface area contributed by atoms with Crippen LogP contribution in [-0.2, 0) is 21.1 Å². The number of sulfone groups is 1. The quantitative estimate of drug-likeness (QED) is 0.677. The SMILES string of the molecule is O=C(CS(=O)(=O)CCCc1ccccc1)Nc1cccc(C(=O)NC2CC2)c1. The molecule has 1 aliphatic carbocycles. The Morgan fingerprint density at radius 1 is 1.00 bits per heavy atom. The van der Waals surface area contributed by atoms with Crippen LogP contribution in [0, 0.1) is 0 Å². The minimum atomic E-state index is -3.50. The summed E-state index contributed by atoms with van der Waals surface area (Å²) in [5.41, 5.74) is 1.92. The second kappa shape index (κ2) is 9.01. The van der Waals surface area contributed by atoms with E-state index in [9.17, 15) is 18.0 Å². The van der Waals surface area contributed by atoms with Crippen LogP contribution in [0.4, 0.5) is 5.69 Å². The van der Waals surface area contributed by atoms with Gasteiger partial charge in [-0.05, 0) is 49.4 Å². The lowest BCUT2D eigenvalue weighted by molar-refractivity contribution is -0.113. The van der Waals surface area contributed by atoms with Crippen LogP contribution in [0.5, 0.6) is 0 Å². The van der Waals surface area contributed by atoms with Crippen molar-refractivity contribution in [2.45, 2.75) is 31.7 Å². The molecule has 0 spiro atoms. The van der Waals surface area contributed by atoms with Gasteiger partial charge in [-0.1, -0.05) is 36.4 Å². The van der Waals surface area contributed by atoms with Crippen molar-refractivity contribution in [2.75, 3.05) is 16.8 Å². The summed E-state index contributed by atoms with van der Waals surface area (Å²) in [6.07, 6.45) is 3.10. The van der Waals surface area contributed by atoms with E-state index >= 15 is 0 Å². The molecule has 0 aliphatic heterocycles. The first kappa shape index (κ1) is 20.1. The Labute approximate surface area is 165 Å². The predicted octanol–water partition coefficient (Wildman–Crippen LogP) is 2.56. The van der Waals surface area contributed by atoms with Crippen molar-refractivity contribution in [3.05, 3.63) is 65.7 Å². The zero-order valence-electron chi connectivity index (χ0n) is 15.6. The van der Waals surface area contributed by atoms with Crippen molar-refractivity contribution >= 4 is 27.3 Å². The molecule has 0 aromatic heterocycles. The van der Waals surface area contributed by atoms with Gasteiger partial charge in [-0.3, -0.25) is 9.59 Å². The molecule has 0 unspecified atom stereocenters. The molecule has 28 heavy (non-hydrogen) atoms. The van der Waals surface area contributed by atoms with Crippen molar-refractivity contribution in [3.63, 3.8) is 0 Å². The molecule has 1 saturated carbocycles. The maximum absolute atomic E-state index is 12.2. The van der Waals surface area contributed by atoms with Crippen LogP contribution < -0.4 is 10.6 Å². The average Bonchev–Trinajstić information content (AvgIpc) is 3.46. The lowest BCUT2D eigenvalue weighted by Gasteiger charge is -2.09. The fourth-order valence-electron chi connectivity index (χ4n) is 2.84. The summed E-state index contributed by atoms with van der Waals surface area (Å²) in [5, 5.41) is 5.45. The molecular weight excluding hydrogens is 376 g/mol. The van der Waals surface area contributed by atoms with Crippen LogP contribution >= 0.6 is 0 Å². The molecule has 0 atom stereocenters. The summed E-state index contributed by atoms with van der Waals surface area (Å²) < 4.78 is 24.4. The molecule has 0 bridgehead atoms. The number of carbonyl (C=O) groups is 2. The first-order chi connectivity index (χ1) is 13.4. The molecule has 1 aliphatic rings. The van der Waals surface area contributed by atoms with E-state index in [2.05, 4.69) is 10.6 Å². The van der Waals surface area contributed by atoms with Crippen LogP contribution in [0.25, 0.3) is 0 Å². The van der Waals surface area contributed by atoms with Gasteiger partial charge in [0, 0.05) is 17.3 Å². The molecular formula is C21H24N2O4S. The highest BCUT2D eigenvalue weighted by Gasteiger charge is 2.24. The minimum Gasteiger partial charge on any atom is -0.349 e. The Morgan fingerprint density at radius 3 is 2.46 bits per heavy atom. The molecule has 6 nitrogen and oxygen atoms in total. The fourth-order valence-corrected chi connectivity index (χ4v) is 4.04. The number of amides is 2. The van der Waals surface area contributed by atoms with Gasteiger partial charge in [0.1, 0.15) is 5.75 Å². The number of anilines is 1. The minimum absolute atomic E-state index is 0.0425. The Bertz CT molecular complexity index is 938. The molecule has 2 amide bonds. The van der Waals surface area contributed by atoms with Crippen molar-refractivity contribution < 1.29 is 18.0 Å². The Morgan fingerprint density at radius 2 is 1.75 bits per heavy atom. The van der Waals surface area contributed by atoms with Gasteiger partial charge in [0.15, 0.2) is 9.84 Å². The molecule has 2 aromatic rings.